The highest BCUT2D eigenvalue weighted by atomic mass is 35.7. The standard InChI is InChI=1S/C7H2Cl3NO3S/c8-4-2-7(15(10,13)14)5(9)1-6(4)11-3-12/h1-2H. The van der Waals surface area contributed by atoms with Crippen LogP contribution >= 0.6 is 33.9 Å². The van der Waals surface area contributed by atoms with Crippen LogP contribution in [0, 0.1) is 0 Å². The molecule has 4 nitrogen and oxygen atoms in total. The molecule has 0 saturated heterocycles. The Bertz CT molecular complexity index is 549. The Balaban J connectivity index is 3.52. The molecule has 0 aliphatic rings. The van der Waals surface area contributed by atoms with Crippen molar-refractivity contribution < 1.29 is 13.2 Å². The molecule has 0 unspecified atom stereocenters. The Hall–Kier alpha value is -0.580. The zero-order chi connectivity index (χ0) is 11.6. The van der Waals surface area contributed by atoms with Crippen LogP contribution in [0.1, 0.15) is 0 Å². The van der Waals surface area contributed by atoms with Crippen molar-refractivity contribution in [2.45, 2.75) is 4.90 Å². The van der Waals surface area contributed by atoms with Crippen molar-refractivity contribution in [2.24, 2.45) is 4.99 Å². The molecule has 0 aliphatic carbocycles. The van der Waals surface area contributed by atoms with Gasteiger partial charge in [0, 0.05) is 10.7 Å². The summed E-state index contributed by atoms with van der Waals surface area (Å²) in [6.07, 6.45) is 1.26. The Kier molecular flexibility index (Phi) is 3.76. The number of carbonyl (C=O) groups excluding carboxylic acids is 1. The molecule has 1 rings (SSSR count). The highest BCUT2D eigenvalue weighted by Crippen LogP contribution is 2.34. The molecule has 80 valence electrons. The van der Waals surface area contributed by atoms with Crippen LogP contribution in [0.3, 0.4) is 0 Å². The third-order valence-corrected chi connectivity index (χ3v) is 3.52. The Labute approximate surface area is 99.9 Å². The summed E-state index contributed by atoms with van der Waals surface area (Å²) in [6, 6.07) is 2.13. The minimum atomic E-state index is -3.97. The van der Waals surface area contributed by atoms with Crippen molar-refractivity contribution in [3.8, 4) is 0 Å². The van der Waals surface area contributed by atoms with Gasteiger partial charge in [0.15, 0.2) is 0 Å². The Morgan fingerprint density at radius 1 is 1.20 bits per heavy atom. The van der Waals surface area contributed by atoms with Crippen molar-refractivity contribution in [1.29, 1.82) is 0 Å². The third kappa shape index (κ3) is 2.93. The van der Waals surface area contributed by atoms with Crippen molar-refractivity contribution in [2.75, 3.05) is 0 Å². The molecule has 0 aliphatic heterocycles. The van der Waals surface area contributed by atoms with E-state index in [2.05, 4.69) is 4.99 Å². The van der Waals surface area contributed by atoms with Gasteiger partial charge in [-0.15, -0.1) is 0 Å². The summed E-state index contributed by atoms with van der Waals surface area (Å²) in [5.74, 6) is 0. The second kappa shape index (κ2) is 4.51. The van der Waals surface area contributed by atoms with Crippen LogP contribution < -0.4 is 0 Å². The lowest BCUT2D eigenvalue weighted by Gasteiger charge is -2.02. The first kappa shape index (κ1) is 12.5. The lowest BCUT2D eigenvalue weighted by molar-refractivity contribution is 0.565. The molecule has 0 radical (unpaired) electrons. The van der Waals surface area contributed by atoms with Gasteiger partial charge in [-0.05, 0) is 12.1 Å². The summed E-state index contributed by atoms with van der Waals surface area (Å²) in [7, 11) is 1.11. The summed E-state index contributed by atoms with van der Waals surface area (Å²) in [5.41, 5.74) is 0.0285. The molecular formula is C7H2Cl3NO3S. The van der Waals surface area contributed by atoms with E-state index in [0.29, 0.717) is 0 Å². The highest BCUT2D eigenvalue weighted by molar-refractivity contribution is 8.13. The van der Waals surface area contributed by atoms with Gasteiger partial charge >= 0.3 is 0 Å². The summed E-state index contributed by atoms with van der Waals surface area (Å²) in [4.78, 5) is 12.9. The van der Waals surface area contributed by atoms with Crippen LogP contribution in [-0.4, -0.2) is 14.5 Å². The first-order valence-electron chi connectivity index (χ1n) is 3.38. The number of hydrogen-bond acceptors (Lipinski definition) is 4. The fraction of sp³-hybridized carbons (Fsp3) is 0. The summed E-state index contributed by atoms with van der Waals surface area (Å²) < 4.78 is 22.0. The molecule has 8 heteroatoms. The van der Waals surface area contributed by atoms with E-state index < -0.39 is 9.05 Å². The monoisotopic (exact) mass is 285 g/mol. The van der Waals surface area contributed by atoms with Gasteiger partial charge in [0.25, 0.3) is 9.05 Å². The van der Waals surface area contributed by atoms with Gasteiger partial charge in [0.2, 0.25) is 6.08 Å². The molecular weight excluding hydrogens is 285 g/mol. The normalized spacial score (nSPS) is 10.9. The molecule has 15 heavy (non-hydrogen) atoms. The topological polar surface area (TPSA) is 63.6 Å². The van der Waals surface area contributed by atoms with E-state index in [0.717, 1.165) is 12.1 Å². The number of rotatable bonds is 2. The van der Waals surface area contributed by atoms with Gasteiger partial charge in [-0.2, -0.15) is 4.99 Å². The van der Waals surface area contributed by atoms with Gasteiger partial charge in [-0.25, -0.2) is 13.2 Å². The van der Waals surface area contributed by atoms with E-state index in [-0.39, 0.29) is 20.6 Å². The van der Waals surface area contributed by atoms with E-state index in [1.807, 2.05) is 0 Å². The minimum Gasteiger partial charge on any atom is -0.211 e. The van der Waals surface area contributed by atoms with Crippen molar-refractivity contribution in [3.05, 3.63) is 22.2 Å². The van der Waals surface area contributed by atoms with E-state index in [1.54, 1.807) is 0 Å². The van der Waals surface area contributed by atoms with Gasteiger partial charge in [0.05, 0.1) is 15.7 Å². The molecule has 1 aromatic carbocycles. The van der Waals surface area contributed by atoms with Gasteiger partial charge in [0.1, 0.15) is 4.90 Å². The van der Waals surface area contributed by atoms with E-state index >= 15 is 0 Å². The SMILES string of the molecule is O=C=Nc1cc(Cl)c(S(=O)(=O)Cl)cc1Cl. The highest BCUT2D eigenvalue weighted by Gasteiger charge is 2.17. The van der Waals surface area contributed by atoms with Crippen molar-refractivity contribution in [3.63, 3.8) is 0 Å². The van der Waals surface area contributed by atoms with Gasteiger partial charge < -0.3 is 0 Å². The van der Waals surface area contributed by atoms with Crippen LogP contribution in [0.2, 0.25) is 10.0 Å². The first-order valence-corrected chi connectivity index (χ1v) is 6.44. The van der Waals surface area contributed by atoms with Crippen LogP contribution in [0.4, 0.5) is 5.69 Å². The minimum absolute atomic E-state index is 0.0285. The number of isocyanates is 1. The number of aliphatic imine (C=N–C) groups is 1. The quantitative estimate of drug-likeness (QED) is 0.477. The van der Waals surface area contributed by atoms with Crippen molar-refractivity contribution >= 4 is 54.7 Å². The van der Waals surface area contributed by atoms with E-state index in [1.165, 1.54) is 6.08 Å². The van der Waals surface area contributed by atoms with Crippen LogP contribution in [0.15, 0.2) is 22.0 Å². The Morgan fingerprint density at radius 2 is 1.80 bits per heavy atom. The van der Waals surface area contributed by atoms with Crippen LogP contribution in [0.5, 0.6) is 0 Å². The fourth-order valence-corrected chi connectivity index (χ4v) is 2.62. The van der Waals surface area contributed by atoms with Crippen molar-refractivity contribution in [1.82, 2.24) is 0 Å². The fourth-order valence-electron chi connectivity index (χ4n) is 0.840. The van der Waals surface area contributed by atoms with E-state index in [4.69, 9.17) is 33.9 Å². The molecule has 0 saturated carbocycles. The maximum atomic E-state index is 11.0. The van der Waals surface area contributed by atoms with E-state index in [9.17, 15) is 13.2 Å². The second-order valence-corrected chi connectivity index (χ2v) is 5.72. The second-order valence-electron chi connectivity index (χ2n) is 2.37. The predicted molar refractivity (Wildman–Crippen MR) is 57.3 cm³/mol. The van der Waals surface area contributed by atoms with Crippen LogP contribution in [-0.2, 0) is 13.8 Å². The molecule has 0 aromatic heterocycles. The molecule has 0 atom stereocenters. The average molecular weight is 287 g/mol. The summed E-state index contributed by atoms with van der Waals surface area (Å²) in [6.45, 7) is 0. The summed E-state index contributed by atoms with van der Waals surface area (Å²) in [5, 5.41) is -0.217. The number of nitrogens with zero attached hydrogens (tertiary/aromatic N) is 1. The maximum absolute atomic E-state index is 11.0. The molecule has 0 bridgehead atoms. The largest absolute Gasteiger partial charge is 0.262 e. The Morgan fingerprint density at radius 3 is 2.27 bits per heavy atom. The third-order valence-electron chi connectivity index (χ3n) is 1.43. The molecule has 0 fully saturated rings. The van der Waals surface area contributed by atoms with Gasteiger partial charge in [-0.1, -0.05) is 23.2 Å². The van der Waals surface area contributed by atoms with Gasteiger partial charge in [-0.3, -0.25) is 0 Å². The molecule has 1 aromatic rings. The first-order chi connectivity index (χ1) is 6.86. The molecule has 0 amide bonds. The predicted octanol–water partition coefficient (Wildman–Crippen LogP) is 2.89. The smallest absolute Gasteiger partial charge is 0.211 e. The molecule has 0 N–H and O–H groups in total. The maximum Gasteiger partial charge on any atom is 0.262 e. The number of hydrogen-bond donors (Lipinski definition) is 0. The van der Waals surface area contributed by atoms with Crippen LogP contribution in [0.25, 0.3) is 0 Å². The lowest BCUT2D eigenvalue weighted by atomic mass is 10.3. The zero-order valence-electron chi connectivity index (χ0n) is 6.87. The summed E-state index contributed by atoms with van der Waals surface area (Å²) >= 11 is 11.2. The molecule has 0 spiro atoms. The lowest BCUT2D eigenvalue weighted by Crippen LogP contribution is -1.91. The zero-order valence-corrected chi connectivity index (χ0v) is 9.95. The molecule has 0 heterocycles. The number of benzene rings is 1. The average Bonchev–Trinajstić information content (AvgIpc) is 2.09. The number of halogens is 3.